The highest BCUT2D eigenvalue weighted by Crippen LogP contribution is 2.36. The maximum Gasteiger partial charge on any atom is 0.257 e. The van der Waals surface area contributed by atoms with Crippen molar-refractivity contribution in [2.75, 3.05) is 0 Å². The molecule has 0 aromatic heterocycles. The normalized spacial score (nSPS) is 19.8. The molecule has 2 aliphatic rings. The minimum atomic E-state index is -0.649. The van der Waals surface area contributed by atoms with E-state index in [0.29, 0.717) is 24.1 Å². The highest BCUT2D eigenvalue weighted by atomic mass is 16.2. The molecule has 0 aromatic carbocycles. The molecule has 1 aliphatic carbocycles. The Hall–Kier alpha value is -1.39. The summed E-state index contributed by atoms with van der Waals surface area (Å²) >= 11 is 0. The molecule has 1 unspecified atom stereocenters. The van der Waals surface area contributed by atoms with Crippen molar-refractivity contribution < 1.29 is 9.59 Å². The number of carbonyl (C=O) groups is 2. The van der Waals surface area contributed by atoms with E-state index >= 15 is 0 Å². The van der Waals surface area contributed by atoms with Crippen LogP contribution in [0.15, 0.2) is 4.99 Å². The van der Waals surface area contributed by atoms with E-state index in [0.717, 1.165) is 70.6 Å². The number of unbranched alkanes of at least 4 members (excludes halogenated alkanes) is 2. The molecule has 0 radical (unpaired) electrons. The molecular weight excluding hydrogens is 350 g/mol. The monoisotopic (exact) mass is 391 g/mol. The molecule has 1 saturated carbocycles. The SMILES string of the molecule is CCCCC1(CCCC)N=C(N)N(C(CCC)CCCC(=O)CC2CC2)C1=O. The Morgan fingerprint density at radius 3 is 2.29 bits per heavy atom. The highest BCUT2D eigenvalue weighted by Gasteiger charge is 2.48. The number of nitrogens with two attached hydrogens (primary N) is 1. The maximum absolute atomic E-state index is 13.5. The summed E-state index contributed by atoms with van der Waals surface area (Å²) in [5, 5.41) is 0. The predicted octanol–water partition coefficient (Wildman–Crippen LogP) is 4.97. The molecule has 1 fully saturated rings. The molecule has 1 amide bonds. The minimum Gasteiger partial charge on any atom is -0.369 e. The Morgan fingerprint density at radius 1 is 1.11 bits per heavy atom. The van der Waals surface area contributed by atoms with Crippen LogP contribution in [0.4, 0.5) is 0 Å². The molecule has 0 saturated heterocycles. The first-order chi connectivity index (χ1) is 13.5. The van der Waals surface area contributed by atoms with E-state index in [1.165, 1.54) is 12.8 Å². The van der Waals surface area contributed by atoms with Crippen molar-refractivity contribution in [2.24, 2.45) is 16.6 Å². The lowest BCUT2D eigenvalue weighted by atomic mass is 9.86. The zero-order chi connectivity index (χ0) is 20.6. The van der Waals surface area contributed by atoms with Crippen molar-refractivity contribution in [1.29, 1.82) is 0 Å². The number of guanidine groups is 1. The van der Waals surface area contributed by atoms with E-state index in [1.807, 2.05) is 0 Å². The second kappa shape index (κ2) is 11.0. The van der Waals surface area contributed by atoms with Crippen LogP contribution in [-0.4, -0.2) is 34.1 Å². The summed E-state index contributed by atoms with van der Waals surface area (Å²) in [6.45, 7) is 6.44. The maximum atomic E-state index is 13.5. The van der Waals surface area contributed by atoms with Crippen molar-refractivity contribution in [2.45, 2.75) is 122 Å². The summed E-state index contributed by atoms with van der Waals surface area (Å²) in [5.74, 6) is 1.54. The average Bonchev–Trinajstić information content (AvgIpc) is 3.43. The molecule has 1 aliphatic heterocycles. The third-order valence-corrected chi connectivity index (χ3v) is 6.27. The third kappa shape index (κ3) is 6.05. The van der Waals surface area contributed by atoms with Gasteiger partial charge in [0.1, 0.15) is 11.3 Å². The molecule has 5 nitrogen and oxygen atoms in total. The molecule has 1 heterocycles. The molecule has 1 atom stereocenters. The van der Waals surface area contributed by atoms with E-state index in [9.17, 15) is 9.59 Å². The zero-order valence-electron chi connectivity index (χ0n) is 18.3. The van der Waals surface area contributed by atoms with Gasteiger partial charge in [-0.3, -0.25) is 14.5 Å². The first-order valence-corrected chi connectivity index (χ1v) is 11.7. The van der Waals surface area contributed by atoms with Gasteiger partial charge >= 0.3 is 0 Å². The second-order valence-corrected chi connectivity index (χ2v) is 8.90. The summed E-state index contributed by atoms with van der Waals surface area (Å²) in [4.78, 5) is 32.1. The largest absolute Gasteiger partial charge is 0.369 e. The van der Waals surface area contributed by atoms with Crippen LogP contribution < -0.4 is 5.73 Å². The Morgan fingerprint density at radius 2 is 1.75 bits per heavy atom. The number of Topliss-reactive ketones (excluding diaryl/α,β-unsaturated/α-hetero) is 1. The lowest BCUT2D eigenvalue weighted by Crippen LogP contribution is -2.49. The number of rotatable bonds is 15. The average molecular weight is 392 g/mol. The molecule has 2 N–H and O–H groups in total. The van der Waals surface area contributed by atoms with Gasteiger partial charge < -0.3 is 5.73 Å². The van der Waals surface area contributed by atoms with E-state index in [4.69, 9.17) is 10.7 Å². The predicted molar refractivity (Wildman–Crippen MR) is 115 cm³/mol. The summed E-state index contributed by atoms with van der Waals surface area (Å²) in [5.41, 5.74) is 5.66. The summed E-state index contributed by atoms with van der Waals surface area (Å²) < 4.78 is 0. The fraction of sp³-hybridized carbons (Fsp3) is 0.870. The van der Waals surface area contributed by atoms with Gasteiger partial charge in [-0.1, -0.05) is 52.9 Å². The molecule has 160 valence electrons. The number of hydrogen-bond acceptors (Lipinski definition) is 4. The van der Waals surface area contributed by atoms with Crippen LogP contribution in [0.1, 0.15) is 111 Å². The third-order valence-electron chi connectivity index (χ3n) is 6.27. The van der Waals surface area contributed by atoms with Gasteiger partial charge in [0.25, 0.3) is 5.91 Å². The second-order valence-electron chi connectivity index (χ2n) is 8.90. The Kier molecular flexibility index (Phi) is 8.97. The molecule has 2 rings (SSSR count). The molecule has 0 spiro atoms. The van der Waals surface area contributed by atoms with Crippen molar-refractivity contribution in [3.05, 3.63) is 0 Å². The number of nitrogens with zero attached hydrogens (tertiary/aromatic N) is 2. The number of hydrogen-bond donors (Lipinski definition) is 1. The number of aliphatic imine (C=N–C) groups is 1. The van der Waals surface area contributed by atoms with Crippen LogP contribution in [-0.2, 0) is 9.59 Å². The van der Waals surface area contributed by atoms with Crippen LogP contribution in [0.25, 0.3) is 0 Å². The van der Waals surface area contributed by atoms with Crippen molar-refractivity contribution >= 4 is 17.6 Å². The Bertz CT molecular complexity index is 546. The van der Waals surface area contributed by atoms with Gasteiger partial charge in [0.05, 0.1) is 0 Å². The first-order valence-electron chi connectivity index (χ1n) is 11.7. The summed E-state index contributed by atoms with van der Waals surface area (Å²) in [6, 6.07) is 0.0695. The fourth-order valence-electron chi connectivity index (χ4n) is 4.41. The standard InChI is InChI=1S/C23H41N3O2/c1-4-7-15-23(16-8-5-2)21(28)26(22(24)25-23)19(10-6-3)11-9-12-20(27)17-18-13-14-18/h18-19H,4-17H2,1-3H3,(H2,24,25). The highest BCUT2D eigenvalue weighted by molar-refractivity contribution is 6.07. The number of carbonyl (C=O) groups excluding carboxylic acids is 2. The van der Waals surface area contributed by atoms with E-state index in [1.54, 1.807) is 4.90 Å². The molecule has 28 heavy (non-hydrogen) atoms. The lowest BCUT2D eigenvalue weighted by Gasteiger charge is -2.31. The van der Waals surface area contributed by atoms with Gasteiger partial charge in [-0.2, -0.15) is 0 Å². The van der Waals surface area contributed by atoms with Crippen molar-refractivity contribution in [3.63, 3.8) is 0 Å². The van der Waals surface area contributed by atoms with E-state index in [-0.39, 0.29) is 11.9 Å². The molecule has 0 aromatic rings. The topological polar surface area (TPSA) is 75.8 Å². The van der Waals surface area contributed by atoms with Crippen LogP contribution >= 0.6 is 0 Å². The van der Waals surface area contributed by atoms with Gasteiger partial charge in [0, 0.05) is 18.9 Å². The molecule has 5 heteroatoms. The van der Waals surface area contributed by atoms with E-state index < -0.39 is 5.54 Å². The van der Waals surface area contributed by atoms with Crippen molar-refractivity contribution in [3.8, 4) is 0 Å². The van der Waals surface area contributed by atoms with Crippen LogP contribution in [0.5, 0.6) is 0 Å². The van der Waals surface area contributed by atoms with Gasteiger partial charge in [-0.15, -0.1) is 0 Å². The van der Waals surface area contributed by atoms with Gasteiger partial charge in [-0.05, 0) is 50.9 Å². The zero-order valence-corrected chi connectivity index (χ0v) is 18.3. The Balaban J connectivity index is 2.02. The quantitative estimate of drug-likeness (QED) is 0.428. The number of amides is 1. The van der Waals surface area contributed by atoms with Crippen LogP contribution in [0, 0.1) is 5.92 Å². The van der Waals surface area contributed by atoms with Crippen LogP contribution in [0.3, 0.4) is 0 Å². The van der Waals surface area contributed by atoms with Gasteiger partial charge in [-0.25, -0.2) is 4.99 Å². The smallest absolute Gasteiger partial charge is 0.257 e. The van der Waals surface area contributed by atoms with Crippen molar-refractivity contribution in [1.82, 2.24) is 4.90 Å². The Labute approximate surface area is 171 Å². The van der Waals surface area contributed by atoms with Crippen LogP contribution in [0.2, 0.25) is 0 Å². The first kappa shape index (κ1) is 22.9. The minimum absolute atomic E-state index is 0.0695. The molecule has 0 bridgehead atoms. The lowest BCUT2D eigenvalue weighted by molar-refractivity contribution is -0.133. The van der Waals surface area contributed by atoms with Gasteiger partial charge in [0.15, 0.2) is 5.96 Å². The fourth-order valence-corrected chi connectivity index (χ4v) is 4.41. The summed E-state index contributed by atoms with van der Waals surface area (Å²) in [7, 11) is 0. The van der Waals surface area contributed by atoms with E-state index in [2.05, 4.69) is 20.8 Å². The number of ketones is 1. The molecular formula is C23H41N3O2. The van der Waals surface area contributed by atoms with Gasteiger partial charge in [0.2, 0.25) is 0 Å². The summed E-state index contributed by atoms with van der Waals surface area (Å²) in [6.07, 6.45) is 13.1.